The van der Waals surface area contributed by atoms with Crippen LogP contribution in [0.25, 0.3) is 0 Å². The van der Waals surface area contributed by atoms with Crippen molar-refractivity contribution in [3.05, 3.63) is 25.3 Å². The molecule has 0 unspecified atom stereocenters. The van der Waals surface area contributed by atoms with Gasteiger partial charge in [-0.3, -0.25) is 0 Å². The fourth-order valence-electron chi connectivity index (χ4n) is 1.22. The van der Waals surface area contributed by atoms with E-state index < -0.39 is 24.1 Å². The van der Waals surface area contributed by atoms with Crippen LogP contribution in [-0.4, -0.2) is 63.6 Å². The van der Waals surface area contributed by atoms with Gasteiger partial charge in [0.1, 0.15) is 13.2 Å². The molecule has 0 atom stereocenters. The standard InChI is InChI=1S/C15H22N2O8/c1-3-12(18)22-10-6-16-14(20)24-8-5-9-25-15(21)17-7-11-23-13(19)4-2/h3-4H,1-2,5-11H2,(H,16,20)(H,17,21). The number of nitrogens with one attached hydrogen (secondary N) is 2. The van der Waals surface area contributed by atoms with Gasteiger partial charge in [0, 0.05) is 18.6 Å². The quantitative estimate of drug-likeness (QED) is 0.220. The number of hydrogen-bond acceptors (Lipinski definition) is 8. The molecule has 2 N–H and O–H groups in total. The van der Waals surface area contributed by atoms with Crippen molar-refractivity contribution >= 4 is 24.1 Å². The van der Waals surface area contributed by atoms with Crippen molar-refractivity contribution in [1.82, 2.24) is 10.6 Å². The average Bonchev–Trinajstić information content (AvgIpc) is 2.61. The Morgan fingerprint density at radius 3 is 1.44 bits per heavy atom. The molecule has 0 radical (unpaired) electrons. The highest BCUT2D eigenvalue weighted by Gasteiger charge is 2.04. The van der Waals surface area contributed by atoms with Gasteiger partial charge in [0.15, 0.2) is 0 Å². The van der Waals surface area contributed by atoms with Crippen LogP contribution in [0.3, 0.4) is 0 Å². The van der Waals surface area contributed by atoms with Gasteiger partial charge in [-0.1, -0.05) is 13.2 Å². The molecule has 0 aromatic heterocycles. The summed E-state index contributed by atoms with van der Waals surface area (Å²) >= 11 is 0. The predicted octanol–water partition coefficient (Wildman–Crippen LogP) is 0.287. The fourth-order valence-corrected chi connectivity index (χ4v) is 1.22. The maximum Gasteiger partial charge on any atom is 0.407 e. The van der Waals surface area contributed by atoms with E-state index in [1.165, 1.54) is 0 Å². The Kier molecular flexibility index (Phi) is 12.8. The van der Waals surface area contributed by atoms with Gasteiger partial charge in [-0.2, -0.15) is 0 Å². The third-order valence-corrected chi connectivity index (χ3v) is 2.32. The second-order valence-electron chi connectivity index (χ2n) is 4.22. The van der Waals surface area contributed by atoms with Gasteiger partial charge in [-0.15, -0.1) is 0 Å². The minimum absolute atomic E-state index is 0.00530. The van der Waals surface area contributed by atoms with Crippen LogP contribution >= 0.6 is 0 Å². The summed E-state index contributed by atoms with van der Waals surface area (Å²) in [4.78, 5) is 43.9. The monoisotopic (exact) mass is 358 g/mol. The number of rotatable bonds is 12. The van der Waals surface area contributed by atoms with Gasteiger partial charge < -0.3 is 29.6 Å². The van der Waals surface area contributed by atoms with Crippen LogP contribution in [0.2, 0.25) is 0 Å². The molecule has 0 saturated heterocycles. The Morgan fingerprint density at radius 1 is 0.680 bits per heavy atom. The fraction of sp³-hybridized carbons (Fsp3) is 0.467. The molecule has 140 valence electrons. The lowest BCUT2D eigenvalue weighted by Crippen LogP contribution is -2.30. The highest BCUT2D eigenvalue weighted by Crippen LogP contribution is 1.88. The summed E-state index contributed by atoms with van der Waals surface area (Å²) in [7, 11) is 0. The van der Waals surface area contributed by atoms with Crippen molar-refractivity contribution < 1.29 is 38.1 Å². The number of hydrogen-bond donors (Lipinski definition) is 2. The zero-order valence-electron chi connectivity index (χ0n) is 13.8. The molecule has 0 saturated carbocycles. The molecule has 0 bridgehead atoms. The SMILES string of the molecule is C=CC(=O)OCCNC(=O)OCCCOC(=O)NCCOC(=O)C=C. The van der Waals surface area contributed by atoms with Gasteiger partial charge >= 0.3 is 24.1 Å². The lowest BCUT2D eigenvalue weighted by Gasteiger charge is -2.08. The van der Waals surface area contributed by atoms with Crippen molar-refractivity contribution in [2.45, 2.75) is 6.42 Å². The minimum Gasteiger partial charge on any atom is -0.461 e. The van der Waals surface area contributed by atoms with Gasteiger partial charge in [-0.05, 0) is 0 Å². The van der Waals surface area contributed by atoms with E-state index in [2.05, 4.69) is 33.3 Å². The zero-order chi connectivity index (χ0) is 18.9. The Morgan fingerprint density at radius 2 is 1.08 bits per heavy atom. The van der Waals surface area contributed by atoms with Crippen LogP contribution in [-0.2, 0) is 28.5 Å². The van der Waals surface area contributed by atoms with Crippen molar-refractivity contribution in [1.29, 1.82) is 0 Å². The zero-order valence-corrected chi connectivity index (χ0v) is 13.8. The Labute approximate surface area is 145 Å². The van der Waals surface area contributed by atoms with Crippen LogP contribution < -0.4 is 10.6 Å². The molecule has 0 aromatic rings. The van der Waals surface area contributed by atoms with Crippen LogP contribution in [0.1, 0.15) is 6.42 Å². The first-order valence-corrected chi connectivity index (χ1v) is 7.39. The molecule has 0 aliphatic heterocycles. The van der Waals surface area contributed by atoms with Crippen LogP contribution in [0.15, 0.2) is 25.3 Å². The summed E-state index contributed by atoms with van der Waals surface area (Å²) < 4.78 is 18.9. The van der Waals surface area contributed by atoms with Gasteiger partial charge in [0.2, 0.25) is 0 Å². The lowest BCUT2D eigenvalue weighted by molar-refractivity contribution is -0.138. The molecular weight excluding hydrogens is 336 g/mol. The molecular formula is C15H22N2O8. The lowest BCUT2D eigenvalue weighted by atomic mass is 10.5. The molecule has 0 spiro atoms. The molecule has 0 aliphatic carbocycles. The third-order valence-electron chi connectivity index (χ3n) is 2.32. The topological polar surface area (TPSA) is 129 Å². The van der Waals surface area contributed by atoms with E-state index in [9.17, 15) is 19.2 Å². The van der Waals surface area contributed by atoms with Crippen LogP contribution in [0, 0.1) is 0 Å². The van der Waals surface area contributed by atoms with E-state index in [-0.39, 0.29) is 39.5 Å². The van der Waals surface area contributed by atoms with E-state index in [1.54, 1.807) is 0 Å². The van der Waals surface area contributed by atoms with Gasteiger partial charge in [0.25, 0.3) is 0 Å². The van der Waals surface area contributed by atoms with Crippen molar-refractivity contribution in [3.8, 4) is 0 Å². The highest BCUT2D eigenvalue weighted by atomic mass is 16.6. The van der Waals surface area contributed by atoms with E-state index in [1.807, 2.05) is 0 Å². The smallest absolute Gasteiger partial charge is 0.407 e. The largest absolute Gasteiger partial charge is 0.461 e. The number of amides is 2. The predicted molar refractivity (Wildman–Crippen MR) is 85.6 cm³/mol. The van der Waals surface area contributed by atoms with E-state index in [0.717, 1.165) is 12.2 Å². The average molecular weight is 358 g/mol. The number of esters is 2. The molecule has 25 heavy (non-hydrogen) atoms. The number of alkyl carbamates (subject to hydrolysis) is 2. The summed E-state index contributed by atoms with van der Waals surface area (Å²) in [6, 6.07) is 0. The summed E-state index contributed by atoms with van der Waals surface area (Å²) in [5.74, 6) is -1.16. The number of ether oxygens (including phenoxy) is 4. The van der Waals surface area contributed by atoms with Crippen molar-refractivity contribution in [3.63, 3.8) is 0 Å². The minimum atomic E-state index is -0.678. The Balaban J connectivity index is 3.46. The third kappa shape index (κ3) is 14.3. The van der Waals surface area contributed by atoms with E-state index in [0.29, 0.717) is 6.42 Å². The summed E-state index contributed by atoms with van der Waals surface area (Å²) in [6.07, 6.45) is 0.980. The van der Waals surface area contributed by atoms with Crippen LogP contribution in [0.4, 0.5) is 9.59 Å². The number of carbonyl (C=O) groups excluding carboxylic acids is 4. The normalized spacial score (nSPS) is 9.28. The summed E-state index contributed by atoms with van der Waals surface area (Å²) in [5, 5.41) is 4.74. The molecule has 10 heteroatoms. The first kappa shape index (κ1) is 22.0. The van der Waals surface area contributed by atoms with Crippen molar-refractivity contribution in [2.24, 2.45) is 0 Å². The summed E-state index contributed by atoms with van der Waals surface area (Å²) in [5.41, 5.74) is 0. The molecule has 2 amide bonds. The Hall–Kier alpha value is -3.04. The molecule has 0 heterocycles. The summed E-state index contributed by atoms with van der Waals surface area (Å²) in [6.45, 7) is 6.76. The maximum atomic E-state index is 11.2. The highest BCUT2D eigenvalue weighted by molar-refractivity contribution is 5.81. The van der Waals surface area contributed by atoms with Crippen molar-refractivity contribution in [2.75, 3.05) is 39.5 Å². The molecule has 0 aliphatic rings. The second-order valence-corrected chi connectivity index (χ2v) is 4.22. The molecule has 0 rings (SSSR count). The van der Waals surface area contributed by atoms with Gasteiger partial charge in [-0.25, -0.2) is 19.2 Å². The second kappa shape index (κ2) is 14.5. The van der Waals surface area contributed by atoms with E-state index in [4.69, 9.17) is 9.47 Å². The molecule has 10 nitrogen and oxygen atoms in total. The van der Waals surface area contributed by atoms with Crippen LogP contribution in [0.5, 0.6) is 0 Å². The van der Waals surface area contributed by atoms with E-state index >= 15 is 0 Å². The first-order chi connectivity index (χ1) is 12.0. The Bertz CT molecular complexity index is 436. The number of carbonyl (C=O) groups is 4. The maximum absolute atomic E-state index is 11.2. The van der Waals surface area contributed by atoms with Gasteiger partial charge in [0.05, 0.1) is 26.3 Å². The molecule has 0 aromatic carbocycles. The molecule has 0 fully saturated rings. The first-order valence-electron chi connectivity index (χ1n) is 7.39.